The van der Waals surface area contributed by atoms with E-state index in [2.05, 4.69) is 15.2 Å². The summed E-state index contributed by atoms with van der Waals surface area (Å²) in [6.07, 6.45) is 1.71. The number of hydrogen-bond donors (Lipinski definition) is 1. The van der Waals surface area contributed by atoms with Gasteiger partial charge in [-0.05, 0) is 30.8 Å². The molecule has 0 amide bonds. The molecule has 72 valence electrons. The number of pyridine rings is 1. The van der Waals surface area contributed by atoms with Crippen LogP contribution in [0.1, 0.15) is 5.01 Å². The summed E-state index contributed by atoms with van der Waals surface area (Å²) in [7, 11) is 0. The minimum atomic E-state index is 0.672. The quantitative estimate of drug-likeness (QED) is 0.845. The predicted octanol–water partition coefficient (Wildman–Crippen LogP) is 1.97. The van der Waals surface area contributed by atoms with E-state index in [0.29, 0.717) is 5.69 Å². The molecule has 4 nitrogen and oxygen atoms in total. The van der Waals surface area contributed by atoms with Crippen LogP contribution in [0.5, 0.6) is 0 Å². The third kappa shape index (κ3) is 2.02. The Morgan fingerprint density at radius 1 is 1.43 bits per heavy atom. The van der Waals surface area contributed by atoms with Crippen LogP contribution in [-0.2, 0) is 0 Å². The molecule has 6 heteroatoms. The van der Waals surface area contributed by atoms with Gasteiger partial charge in [-0.2, -0.15) is 0 Å². The lowest BCUT2D eigenvalue weighted by Gasteiger charge is -1.98. The van der Waals surface area contributed by atoms with Crippen molar-refractivity contribution in [3.05, 3.63) is 23.3 Å². The highest BCUT2D eigenvalue weighted by atomic mass is 32.2. The topological polar surface area (TPSA) is 64.7 Å². The first-order valence-corrected chi connectivity index (χ1v) is 5.57. The zero-order valence-corrected chi connectivity index (χ0v) is 9.10. The SMILES string of the molecule is Cc1nnc(Sc2ncccc2N)s1. The Balaban J connectivity index is 2.23. The van der Waals surface area contributed by atoms with E-state index in [1.807, 2.05) is 19.1 Å². The minimum absolute atomic E-state index is 0.672. The molecule has 2 aromatic rings. The number of aromatic nitrogens is 3. The summed E-state index contributed by atoms with van der Waals surface area (Å²) in [6.45, 7) is 1.92. The van der Waals surface area contributed by atoms with Crippen LogP contribution in [-0.4, -0.2) is 15.2 Å². The van der Waals surface area contributed by atoms with Crippen molar-refractivity contribution in [3.8, 4) is 0 Å². The number of rotatable bonds is 2. The maximum Gasteiger partial charge on any atom is 0.180 e. The van der Waals surface area contributed by atoms with E-state index in [4.69, 9.17) is 5.73 Å². The molecule has 0 unspecified atom stereocenters. The second-order valence-electron chi connectivity index (χ2n) is 2.59. The first-order chi connectivity index (χ1) is 6.75. The summed E-state index contributed by atoms with van der Waals surface area (Å²) in [5.41, 5.74) is 6.42. The van der Waals surface area contributed by atoms with Crippen LogP contribution in [0.3, 0.4) is 0 Å². The number of hydrogen-bond acceptors (Lipinski definition) is 6. The summed E-state index contributed by atoms with van der Waals surface area (Å²) < 4.78 is 0.868. The van der Waals surface area contributed by atoms with Crippen molar-refractivity contribution in [3.63, 3.8) is 0 Å². The van der Waals surface area contributed by atoms with Crippen molar-refractivity contribution in [1.82, 2.24) is 15.2 Å². The Bertz CT molecular complexity index is 440. The molecule has 0 saturated heterocycles. The van der Waals surface area contributed by atoms with Crippen LogP contribution in [0.2, 0.25) is 0 Å². The summed E-state index contributed by atoms with van der Waals surface area (Å²) >= 11 is 2.98. The molecule has 0 bridgehead atoms. The van der Waals surface area contributed by atoms with E-state index in [0.717, 1.165) is 14.4 Å². The zero-order chi connectivity index (χ0) is 9.97. The van der Waals surface area contributed by atoms with Crippen molar-refractivity contribution in [2.24, 2.45) is 0 Å². The van der Waals surface area contributed by atoms with Gasteiger partial charge in [0.1, 0.15) is 10.0 Å². The highest BCUT2D eigenvalue weighted by Gasteiger charge is 2.06. The summed E-state index contributed by atoms with van der Waals surface area (Å²) in [5, 5.41) is 9.64. The van der Waals surface area contributed by atoms with Gasteiger partial charge in [-0.25, -0.2) is 4.98 Å². The fourth-order valence-electron chi connectivity index (χ4n) is 0.891. The summed E-state index contributed by atoms with van der Waals surface area (Å²) in [4.78, 5) is 4.16. The molecule has 14 heavy (non-hydrogen) atoms. The molecule has 2 N–H and O–H groups in total. The van der Waals surface area contributed by atoms with E-state index in [9.17, 15) is 0 Å². The fourth-order valence-corrected chi connectivity index (χ4v) is 2.62. The Kier molecular flexibility index (Phi) is 2.64. The van der Waals surface area contributed by atoms with Crippen LogP contribution in [0.15, 0.2) is 27.7 Å². The number of nitrogens with zero attached hydrogens (tertiary/aromatic N) is 3. The molecule has 2 rings (SSSR count). The van der Waals surface area contributed by atoms with Crippen LogP contribution < -0.4 is 5.73 Å². The molecule has 0 aliphatic heterocycles. The molecule has 0 aromatic carbocycles. The van der Waals surface area contributed by atoms with Gasteiger partial charge in [-0.3, -0.25) is 0 Å². The van der Waals surface area contributed by atoms with Crippen molar-refractivity contribution in [2.45, 2.75) is 16.3 Å². The number of nitrogen functional groups attached to an aromatic ring is 1. The molecular weight excluding hydrogens is 216 g/mol. The van der Waals surface area contributed by atoms with Gasteiger partial charge in [0.15, 0.2) is 4.34 Å². The fraction of sp³-hybridized carbons (Fsp3) is 0.125. The van der Waals surface area contributed by atoms with Gasteiger partial charge in [0.05, 0.1) is 5.69 Å². The highest BCUT2D eigenvalue weighted by Crippen LogP contribution is 2.31. The van der Waals surface area contributed by atoms with E-state index in [1.165, 1.54) is 23.1 Å². The van der Waals surface area contributed by atoms with Crippen molar-refractivity contribution in [2.75, 3.05) is 5.73 Å². The van der Waals surface area contributed by atoms with Crippen LogP contribution in [0.25, 0.3) is 0 Å². The molecule has 0 aliphatic rings. The molecule has 0 aliphatic carbocycles. The lowest BCUT2D eigenvalue weighted by atomic mass is 10.4. The smallest absolute Gasteiger partial charge is 0.180 e. The average molecular weight is 224 g/mol. The molecular formula is C8H8N4S2. The third-order valence-corrected chi connectivity index (χ3v) is 3.42. The number of aryl methyl sites for hydroxylation is 1. The van der Waals surface area contributed by atoms with E-state index in [-0.39, 0.29) is 0 Å². The Hall–Kier alpha value is -1.14. The van der Waals surface area contributed by atoms with Crippen molar-refractivity contribution in [1.29, 1.82) is 0 Å². The summed E-state index contributed by atoms with van der Waals surface area (Å²) in [6, 6.07) is 3.63. The molecule has 2 aromatic heterocycles. The van der Waals surface area contributed by atoms with E-state index in [1.54, 1.807) is 6.20 Å². The predicted molar refractivity (Wildman–Crippen MR) is 57.4 cm³/mol. The summed E-state index contributed by atoms with van der Waals surface area (Å²) in [5.74, 6) is 0. The molecule has 0 atom stereocenters. The highest BCUT2D eigenvalue weighted by molar-refractivity contribution is 8.01. The standard InChI is InChI=1S/C8H8N4S2/c1-5-11-12-8(13-5)14-7-6(9)3-2-4-10-7/h2-4H,9H2,1H3. The Morgan fingerprint density at radius 2 is 2.29 bits per heavy atom. The van der Waals surface area contributed by atoms with Crippen molar-refractivity contribution >= 4 is 28.8 Å². The van der Waals surface area contributed by atoms with Gasteiger partial charge in [0.25, 0.3) is 0 Å². The lowest BCUT2D eigenvalue weighted by Crippen LogP contribution is -1.89. The molecule has 0 radical (unpaired) electrons. The van der Waals surface area contributed by atoms with Crippen LogP contribution in [0, 0.1) is 6.92 Å². The van der Waals surface area contributed by atoms with Gasteiger partial charge in [0, 0.05) is 6.20 Å². The normalized spacial score (nSPS) is 10.4. The third-order valence-electron chi connectivity index (χ3n) is 1.49. The molecule has 2 heterocycles. The van der Waals surface area contributed by atoms with Crippen LogP contribution in [0.4, 0.5) is 5.69 Å². The number of nitrogens with two attached hydrogens (primary N) is 1. The van der Waals surface area contributed by atoms with Crippen molar-refractivity contribution < 1.29 is 0 Å². The second-order valence-corrected chi connectivity index (χ2v) is 5.00. The largest absolute Gasteiger partial charge is 0.397 e. The first kappa shape index (κ1) is 9.42. The Morgan fingerprint density at radius 3 is 2.93 bits per heavy atom. The maximum atomic E-state index is 5.75. The first-order valence-electron chi connectivity index (χ1n) is 3.94. The van der Waals surface area contributed by atoms with Gasteiger partial charge in [0.2, 0.25) is 0 Å². The minimum Gasteiger partial charge on any atom is -0.397 e. The molecule has 0 spiro atoms. The molecule has 0 saturated carbocycles. The zero-order valence-electron chi connectivity index (χ0n) is 7.47. The van der Waals surface area contributed by atoms with Gasteiger partial charge >= 0.3 is 0 Å². The van der Waals surface area contributed by atoms with E-state index >= 15 is 0 Å². The maximum absolute atomic E-state index is 5.75. The lowest BCUT2D eigenvalue weighted by molar-refractivity contribution is 0.981. The van der Waals surface area contributed by atoms with Crippen LogP contribution >= 0.6 is 23.1 Å². The monoisotopic (exact) mass is 224 g/mol. The molecule has 0 fully saturated rings. The van der Waals surface area contributed by atoms with E-state index < -0.39 is 0 Å². The number of anilines is 1. The van der Waals surface area contributed by atoms with Gasteiger partial charge in [-0.1, -0.05) is 11.3 Å². The van der Waals surface area contributed by atoms with Gasteiger partial charge in [-0.15, -0.1) is 10.2 Å². The van der Waals surface area contributed by atoms with Gasteiger partial charge < -0.3 is 5.73 Å². The Labute approximate surface area is 89.6 Å². The average Bonchev–Trinajstić information content (AvgIpc) is 2.56. The second kappa shape index (κ2) is 3.93.